The van der Waals surface area contributed by atoms with E-state index in [0.29, 0.717) is 0 Å². The molecular formula is C12H16O7. The monoisotopic (exact) mass is 272 g/mol. The molecule has 2 aliphatic heterocycles. The molecular weight excluding hydrogens is 256 g/mol. The summed E-state index contributed by atoms with van der Waals surface area (Å²) in [4.78, 5) is 22.4. The Morgan fingerprint density at radius 1 is 1.53 bits per heavy atom. The van der Waals surface area contributed by atoms with Crippen LogP contribution in [0, 0.1) is 0 Å². The standard InChI is InChI=1S/C12H16O7/c1-6(13)4-16-10-8(14)9(18-11(10)15)7-5-17-12(2,3)19-7/h7,9,14H,4-5H2,1-3H3/t7-,9+/m0/s1. The summed E-state index contributed by atoms with van der Waals surface area (Å²) in [6, 6.07) is 0. The van der Waals surface area contributed by atoms with Crippen LogP contribution in [0.1, 0.15) is 20.8 Å². The fourth-order valence-electron chi connectivity index (χ4n) is 1.88. The van der Waals surface area contributed by atoms with Gasteiger partial charge >= 0.3 is 5.97 Å². The number of hydrogen-bond donors (Lipinski definition) is 1. The van der Waals surface area contributed by atoms with Gasteiger partial charge in [0.05, 0.1) is 6.61 Å². The lowest BCUT2D eigenvalue weighted by Crippen LogP contribution is -2.32. The number of ether oxygens (including phenoxy) is 4. The lowest BCUT2D eigenvalue weighted by atomic mass is 10.2. The number of Topliss-reactive ketones (excluding diaryl/α,β-unsaturated/α-hetero) is 1. The molecule has 0 radical (unpaired) electrons. The molecule has 0 spiro atoms. The number of cyclic esters (lactones) is 1. The Hall–Kier alpha value is -1.60. The van der Waals surface area contributed by atoms with Crippen molar-refractivity contribution in [1.82, 2.24) is 0 Å². The van der Waals surface area contributed by atoms with E-state index < -0.39 is 24.0 Å². The fourth-order valence-corrected chi connectivity index (χ4v) is 1.88. The molecule has 0 saturated carbocycles. The Labute approximate surface area is 110 Å². The van der Waals surface area contributed by atoms with Crippen LogP contribution in [0.15, 0.2) is 11.5 Å². The Morgan fingerprint density at radius 3 is 2.74 bits per heavy atom. The first kappa shape index (κ1) is 13.8. The number of esters is 1. The summed E-state index contributed by atoms with van der Waals surface area (Å²) in [6.45, 7) is 4.64. The van der Waals surface area contributed by atoms with E-state index in [1.54, 1.807) is 13.8 Å². The molecule has 1 fully saturated rings. The molecule has 2 aliphatic rings. The van der Waals surface area contributed by atoms with Crippen LogP contribution >= 0.6 is 0 Å². The third-order valence-corrected chi connectivity index (χ3v) is 2.71. The Balaban J connectivity index is 2.08. The zero-order valence-corrected chi connectivity index (χ0v) is 11.0. The Kier molecular flexibility index (Phi) is 3.51. The molecule has 0 aliphatic carbocycles. The van der Waals surface area contributed by atoms with Gasteiger partial charge in [0, 0.05) is 0 Å². The smallest absolute Gasteiger partial charge is 0.378 e. The summed E-state index contributed by atoms with van der Waals surface area (Å²) in [5, 5.41) is 9.92. The van der Waals surface area contributed by atoms with Crippen molar-refractivity contribution < 1.29 is 33.6 Å². The van der Waals surface area contributed by atoms with Gasteiger partial charge in [-0.25, -0.2) is 4.79 Å². The zero-order valence-electron chi connectivity index (χ0n) is 11.0. The summed E-state index contributed by atoms with van der Waals surface area (Å²) in [7, 11) is 0. The summed E-state index contributed by atoms with van der Waals surface area (Å²) >= 11 is 0. The largest absolute Gasteiger partial charge is 0.505 e. The van der Waals surface area contributed by atoms with Crippen LogP contribution in [0.3, 0.4) is 0 Å². The maximum atomic E-state index is 11.6. The van der Waals surface area contributed by atoms with Gasteiger partial charge in [-0.1, -0.05) is 0 Å². The maximum Gasteiger partial charge on any atom is 0.378 e. The number of aliphatic hydroxyl groups excluding tert-OH is 1. The van der Waals surface area contributed by atoms with Crippen molar-refractivity contribution in [3.8, 4) is 0 Å². The number of hydrogen-bond acceptors (Lipinski definition) is 7. The third-order valence-electron chi connectivity index (χ3n) is 2.71. The summed E-state index contributed by atoms with van der Waals surface area (Å²) in [6.07, 6.45) is -1.56. The topological polar surface area (TPSA) is 91.3 Å². The molecule has 1 N–H and O–H groups in total. The van der Waals surface area contributed by atoms with Crippen LogP contribution in [-0.4, -0.2) is 48.1 Å². The first-order valence-corrected chi connectivity index (χ1v) is 5.88. The first-order chi connectivity index (χ1) is 8.80. The van der Waals surface area contributed by atoms with Crippen LogP contribution in [0.2, 0.25) is 0 Å². The van der Waals surface area contributed by atoms with Crippen LogP contribution in [0.5, 0.6) is 0 Å². The van der Waals surface area contributed by atoms with Gasteiger partial charge in [0.15, 0.2) is 23.4 Å². The van der Waals surface area contributed by atoms with Gasteiger partial charge in [-0.15, -0.1) is 0 Å². The molecule has 7 heteroatoms. The fraction of sp³-hybridized carbons (Fsp3) is 0.667. The van der Waals surface area contributed by atoms with E-state index in [-0.39, 0.29) is 30.5 Å². The second-order valence-electron chi connectivity index (χ2n) is 4.90. The Morgan fingerprint density at radius 2 is 2.21 bits per heavy atom. The van der Waals surface area contributed by atoms with Gasteiger partial charge in [-0.05, 0) is 20.8 Å². The highest BCUT2D eigenvalue weighted by Crippen LogP contribution is 2.32. The molecule has 2 heterocycles. The van der Waals surface area contributed by atoms with Crippen LogP contribution in [0.4, 0.5) is 0 Å². The molecule has 7 nitrogen and oxygen atoms in total. The van der Waals surface area contributed by atoms with Crippen molar-refractivity contribution in [1.29, 1.82) is 0 Å². The SMILES string of the molecule is CC(=O)COC1=C(O)[C@@H]([C@@H]2COC(C)(C)O2)OC1=O. The molecule has 0 aromatic heterocycles. The van der Waals surface area contributed by atoms with E-state index in [2.05, 4.69) is 0 Å². The first-order valence-electron chi connectivity index (χ1n) is 5.88. The average Bonchev–Trinajstić information content (AvgIpc) is 2.77. The highest BCUT2D eigenvalue weighted by atomic mass is 16.8. The van der Waals surface area contributed by atoms with E-state index >= 15 is 0 Å². The van der Waals surface area contributed by atoms with Crippen LogP contribution in [-0.2, 0) is 28.5 Å². The molecule has 0 unspecified atom stereocenters. The summed E-state index contributed by atoms with van der Waals surface area (Å²) in [5.41, 5.74) is 0. The lowest BCUT2D eigenvalue weighted by molar-refractivity contribution is -0.163. The van der Waals surface area contributed by atoms with E-state index in [1.807, 2.05) is 0 Å². The van der Waals surface area contributed by atoms with Gasteiger partial charge in [-0.3, -0.25) is 4.79 Å². The Bertz CT molecular complexity index is 437. The lowest BCUT2D eigenvalue weighted by Gasteiger charge is -2.19. The average molecular weight is 272 g/mol. The predicted molar refractivity (Wildman–Crippen MR) is 61.1 cm³/mol. The molecule has 106 valence electrons. The molecule has 2 rings (SSSR count). The highest BCUT2D eigenvalue weighted by Gasteiger charge is 2.47. The molecule has 0 aromatic rings. The quantitative estimate of drug-likeness (QED) is 0.742. The highest BCUT2D eigenvalue weighted by molar-refractivity contribution is 5.90. The van der Waals surface area contributed by atoms with Crippen LogP contribution < -0.4 is 0 Å². The van der Waals surface area contributed by atoms with Crippen molar-refractivity contribution in [2.75, 3.05) is 13.2 Å². The van der Waals surface area contributed by atoms with Gasteiger partial charge in [-0.2, -0.15) is 0 Å². The van der Waals surface area contributed by atoms with Gasteiger partial charge in [0.25, 0.3) is 0 Å². The number of carbonyl (C=O) groups is 2. The van der Waals surface area contributed by atoms with Gasteiger partial charge in [0.2, 0.25) is 5.76 Å². The number of aliphatic hydroxyl groups is 1. The molecule has 1 saturated heterocycles. The minimum Gasteiger partial charge on any atom is -0.505 e. The number of ketones is 1. The normalized spacial score (nSPS) is 29.5. The van der Waals surface area contributed by atoms with E-state index in [1.165, 1.54) is 6.92 Å². The molecule has 19 heavy (non-hydrogen) atoms. The van der Waals surface area contributed by atoms with Crippen molar-refractivity contribution in [3.05, 3.63) is 11.5 Å². The van der Waals surface area contributed by atoms with E-state index in [9.17, 15) is 14.7 Å². The molecule has 0 aromatic carbocycles. The molecule has 0 amide bonds. The predicted octanol–water partition coefficient (Wildman–Crippen LogP) is 0.438. The van der Waals surface area contributed by atoms with E-state index in [0.717, 1.165) is 0 Å². The maximum absolute atomic E-state index is 11.6. The molecule has 0 bridgehead atoms. The minimum atomic E-state index is -0.962. The summed E-state index contributed by atoms with van der Waals surface area (Å²) < 4.78 is 20.8. The summed E-state index contributed by atoms with van der Waals surface area (Å²) in [5.74, 6) is -2.57. The zero-order chi connectivity index (χ0) is 14.2. The van der Waals surface area contributed by atoms with Crippen molar-refractivity contribution in [2.24, 2.45) is 0 Å². The second-order valence-corrected chi connectivity index (χ2v) is 4.90. The van der Waals surface area contributed by atoms with E-state index in [4.69, 9.17) is 18.9 Å². The number of rotatable bonds is 4. The second kappa shape index (κ2) is 4.82. The molecule has 2 atom stereocenters. The van der Waals surface area contributed by atoms with Crippen molar-refractivity contribution in [2.45, 2.75) is 38.8 Å². The van der Waals surface area contributed by atoms with Gasteiger partial charge in [0.1, 0.15) is 12.7 Å². The number of carbonyl (C=O) groups excluding carboxylic acids is 2. The van der Waals surface area contributed by atoms with Crippen molar-refractivity contribution >= 4 is 11.8 Å². The van der Waals surface area contributed by atoms with Crippen molar-refractivity contribution in [3.63, 3.8) is 0 Å². The third kappa shape index (κ3) is 2.87. The van der Waals surface area contributed by atoms with Gasteiger partial charge < -0.3 is 24.1 Å². The minimum absolute atomic E-state index is 0.189. The van der Waals surface area contributed by atoms with Crippen LogP contribution in [0.25, 0.3) is 0 Å².